The molecule has 2 aromatic rings. The molecule has 0 bridgehead atoms. The lowest BCUT2D eigenvalue weighted by Crippen LogP contribution is -2.27. The lowest BCUT2D eigenvalue weighted by atomic mass is 10.1. The number of primary amides is 1. The van der Waals surface area contributed by atoms with Gasteiger partial charge in [-0.15, -0.1) is 0 Å². The van der Waals surface area contributed by atoms with Gasteiger partial charge in [0.05, 0.1) is 16.4 Å². The summed E-state index contributed by atoms with van der Waals surface area (Å²) in [6.45, 7) is -0.475. The first-order valence-corrected chi connectivity index (χ1v) is 9.15. The molecule has 1 saturated heterocycles. The van der Waals surface area contributed by atoms with Gasteiger partial charge < -0.3 is 10.5 Å². The number of carbonyl (C=O) groups excluding carboxylic acids is 3. The van der Waals surface area contributed by atoms with E-state index in [1.807, 2.05) is 0 Å². The highest BCUT2D eigenvalue weighted by atomic mass is 32.2. The molecule has 2 aromatic carbocycles. The summed E-state index contributed by atoms with van der Waals surface area (Å²) in [7, 11) is 0. The first kappa shape index (κ1) is 20.1. The largest absolute Gasteiger partial charge is 0.484 e. The van der Waals surface area contributed by atoms with Crippen LogP contribution < -0.4 is 10.5 Å². The van der Waals surface area contributed by atoms with Gasteiger partial charge in [-0.2, -0.15) is 0 Å². The van der Waals surface area contributed by atoms with Crippen molar-refractivity contribution in [3.8, 4) is 5.75 Å². The summed E-state index contributed by atoms with van der Waals surface area (Å²) in [5.74, 6) is -0.773. The van der Waals surface area contributed by atoms with Crippen LogP contribution in [0.4, 0.5) is 10.5 Å². The SMILES string of the molecule is NC(=O)COc1cccc(/C=C2\SC(=O)N(Cc3ccccc3[N+](=O)[O-])C2=O)c1. The maximum absolute atomic E-state index is 12.7. The molecule has 0 atom stereocenters. The molecule has 3 amide bonds. The molecule has 10 heteroatoms. The van der Waals surface area contributed by atoms with Crippen molar-refractivity contribution in [3.05, 3.63) is 74.7 Å². The molecule has 0 spiro atoms. The number of thioether (sulfide) groups is 1. The van der Waals surface area contributed by atoms with Gasteiger partial charge in [-0.05, 0) is 35.5 Å². The Morgan fingerprint density at radius 2 is 1.97 bits per heavy atom. The molecule has 3 rings (SSSR count). The predicted molar refractivity (Wildman–Crippen MR) is 106 cm³/mol. The number of nitrogens with two attached hydrogens (primary N) is 1. The van der Waals surface area contributed by atoms with Crippen molar-refractivity contribution < 1.29 is 24.0 Å². The minimum Gasteiger partial charge on any atom is -0.484 e. The molecule has 1 aliphatic heterocycles. The number of imide groups is 1. The third kappa shape index (κ3) is 4.79. The summed E-state index contributed by atoms with van der Waals surface area (Å²) >= 11 is 0.748. The van der Waals surface area contributed by atoms with Crippen LogP contribution in [0.1, 0.15) is 11.1 Å². The van der Waals surface area contributed by atoms with Crippen molar-refractivity contribution >= 4 is 40.6 Å². The minimum atomic E-state index is -0.619. The van der Waals surface area contributed by atoms with E-state index in [0.717, 1.165) is 16.7 Å². The zero-order valence-corrected chi connectivity index (χ0v) is 15.8. The average Bonchev–Trinajstić information content (AvgIpc) is 2.94. The summed E-state index contributed by atoms with van der Waals surface area (Å²) in [4.78, 5) is 47.5. The number of amides is 3. The Bertz CT molecular complexity index is 1040. The summed E-state index contributed by atoms with van der Waals surface area (Å²) in [5.41, 5.74) is 5.74. The maximum Gasteiger partial charge on any atom is 0.293 e. The molecular weight excluding hydrogens is 398 g/mol. The fourth-order valence-electron chi connectivity index (χ4n) is 2.63. The molecule has 148 valence electrons. The smallest absolute Gasteiger partial charge is 0.293 e. The van der Waals surface area contributed by atoms with Gasteiger partial charge in [0.25, 0.3) is 22.7 Å². The Morgan fingerprint density at radius 1 is 1.21 bits per heavy atom. The van der Waals surface area contributed by atoms with E-state index in [0.29, 0.717) is 11.3 Å². The van der Waals surface area contributed by atoms with Crippen molar-refractivity contribution in [2.45, 2.75) is 6.54 Å². The molecule has 0 aromatic heterocycles. The van der Waals surface area contributed by atoms with Gasteiger partial charge in [-0.3, -0.25) is 29.4 Å². The second-order valence-electron chi connectivity index (χ2n) is 5.98. The predicted octanol–water partition coefficient (Wildman–Crippen LogP) is 2.70. The number of para-hydroxylation sites is 1. The number of ether oxygens (including phenoxy) is 1. The number of nitro benzene ring substituents is 1. The lowest BCUT2D eigenvalue weighted by Gasteiger charge is -2.12. The van der Waals surface area contributed by atoms with Gasteiger partial charge in [0.2, 0.25) is 0 Å². The molecule has 0 radical (unpaired) electrons. The fourth-order valence-corrected chi connectivity index (χ4v) is 3.47. The highest BCUT2D eigenvalue weighted by molar-refractivity contribution is 8.18. The first-order chi connectivity index (χ1) is 13.8. The molecule has 0 aliphatic carbocycles. The van der Waals surface area contributed by atoms with Gasteiger partial charge in [0, 0.05) is 11.6 Å². The fraction of sp³-hybridized carbons (Fsp3) is 0.105. The van der Waals surface area contributed by atoms with Crippen LogP contribution >= 0.6 is 11.8 Å². The standard InChI is InChI=1S/C19H15N3O6S/c20-17(23)11-28-14-6-3-4-12(8-14)9-16-18(24)21(19(25)29-16)10-13-5-1-2-7-15(13)22(26)27/h1-9H,10-11H2,(H2,20,23)/b16-9-. The Balaban J connectivity index is 1.80. The quantitative estimate of drug-likeness (QED) is 0.419. The van der Waals surface area contributed by atoms with Gasteiger partial charge in [0.1, 0.15) is 5.75 Å². The van der Waals surface area contributed by atoms with Crippen molar-refractivity contribution in [1.29, 1.82) is 0 Å². The Kier molecular flexibility index (Phi) is 5.93. The van der Waals surface area contributed by atoms with E-state index in [1.165, 1.54) is 24.3 Å². The third-order valence-electron chi connectivity index (χ3n) is 3.93. The second kappa shape index (κ2) is 8.57. The molecule has 1 aliphatic rings. The number of rotatable bonds is 7. The number of carbonyl (C=O) groups is 3. The molecule has 1 heterocycles. The van der Waals surface area contributed by atoms with Crippen LogP contribution in [0.25, 0.3) is 6.08 Å². The first-order valence-electron chi connectivity index (χ1n) is 8.34. The Morgan fingerprint density at radius 3 is 2.69 bits per heavy atom. The average molecular weight is 413 g/mol. The van der Waals surface area contributed by atoms with E-state index in [9.17, 15) is 24.5 Å². The van der Waals surface area contributed by atoms with Crippen molar-refractivity contribution in [3.63, 3.8) is 0 Å². The number of nitrogens with zero attached hydrogens (tertiary/aromatic N) is 2. The monoisotopic (exact) mass is 413 g/mol. The van der Waals surface area contributed by atoms with Gasteiger partial charge in [-0.25, -0.2) is 0 Å². The van der Waals surface area contributed by atoms with E-state index in [2.05, 4.69) is 0 Å². The van der Waals surface area contributed by atoms with Crippen LogP contribution in [0.15, 0.2) is 53.4 Å². The molecule has 2 N–H and O–H groups in total. The van der Waals surface area contributed by atoms with Crippen molar-refractivity contribution in [1.82, 2.24) is 4.90 Å². The van der Waals surface area contributed by atoms with Crippen LogP contribution in [0.5, 0.6) is 5.75 Å². The van der Waals surface area contributed by atoms with Crippen LogP contribution in [0.3, 0.4) is 0 Å². The van der Waals surface area contributed by atoms with E-state index in [4.69, 9.17) is 10.5 Å². The second-order valence-corrected chi connectivity index (χ2v) is 6.97. The van der Waals surface area contributed by atoms with E-state index >= 15 is 0 Å². The van der Waals surface area contributed by atoms with E-state index < -0.39 is 22.0 Å². The maximum atomic E-state index is 12.7. The number of hydrogen-bond donors (Lipinski definition) is 1. The Hall–Kier alpha value is -3.66. The molecule has 9 nitrogen and oxygen atoms in total. The summed E-state index contributed by atoms with van der Waals surface area (Å²) in [6.07, 6.45) is 1.52. The Labute approximate surface area is 169 Å². The third-order valence-corrected chi connectivity index (χ3v) is 4.83. The lowest BCUT2D eigenvalue weighted by molar-refractivity contribution is -0.385. The zero-order chi connectivity index (χ0) is 21.0. The van der Waals surface area contributed by atoms with Crippen LogP contribution in [0, 0.1) is 10.1 Å². The van der Waals surface area contributed by atoms with Crippen molar-refractivity contribution in [2.75, 3.05) is 6.61 Å². The van der Waals surface area contributed by atoms with E-state index in [-0.39, 0.29) is 29.3 Å². The van der Waals surface area contributed by atoms with Crippen LogP contribution in [-0.4, -0.2) is 33.5 Å². The highest BCUT2D eigenvalue weighted by Crippen LogP contribution is 2.34. The van der Waals surface area contributed by atoms with Gasteiger partial charge in [-0.1, -0.05) is 30.3 Å². The molecule has 29 heavy (non-hydrogen) atoms. The highest BCUT2D eigenvalue weighted by Gasteiger charge is 2.36. The minimum absolute atomic E-state index is 0.158. The molecule has 0 saturated carbocycles. The summed E-state index contributed by atoms with van der Waals surface area (Å²) in [5, 5.41) is 10.6. The normalized spacial score (nSPS) is 15.0. The van der Waals surface area contributed by atoms with Crippen LogP contribution in [0.2, 0.25) is 0 Å². The van der Waals surface area contributed by atoms with Crippen LogP contribution in [-0.2, 0) is 16.1 Å². The molecule has 1 fully saturated rings. The van der Waals surface area contributed by atoms with Crippen molar-refractivity contribution in [2.24, 2.45) is 5.73 Å². The zero-order valence-electron chi connectivity index (χ0n) is 14.9. The van der Waals surface area contributed by atoms with Gasteiger partial charge in [0.15, 0.2) is 6.61 Å². The number of nitro groups is 1. The topological polar surface area (TPSA) is 133 Å². The molecule has 0 unspecified atom stereocenters. The summed E-state index contributed by atoms with van der Waals surface area (Å²) < 4.78 is 5.22. The number of benzene rings is 2. The summed E-state index contributed by atoms with van der Waals surface area (Å²) in [6, 6.07) is 12.5. The van der Waals surface area contributed by atoms with E-state index in [1.54, 1.807) is 30.3 Å². The molecular formula is C19H15N3O6S. The number of hydrogen-bond acceptors (Lipinski definition) is 7. The van der Waals surface area contributed by atoms with Gasteiger partial charge >= 0.3 is 0 Å².